The Morgan fingerprint density at radius 3 is 2.50 bits per heavy atom. The summed E-state index contributed by atoms with van der Waals surface area (Å²) in [4.78, 5) is 32.7. The fourth-order valence-corrected chi connectivity index (χ4v) is 2.26. The number of nitrogens with one attached hydrogen (secondary N) is 1. The van der Waals surface area contributed by atoms with E-state index < -0.39 is 5.91 Å². The van der Waals surface area contributed by atoms with E-state index in [4.69, 9.17) is 0 Å². The van der Waals surface area contributed by atoms with Gasteiger partial charge >= 0.3 is 0 Å². The molecule has 0 fully saturated rings. The molecule has 0 atom stereocenters. The second-order valence-electron chi connectivity index (χ2n) is 5.37. The molecule has 0 aliphatic heterocycles. The third-order valence-electron chi connectivity index (χ3n) is 3.53. The molecule has 1 aromatic carbocycles. The summed E-state index contributed by atoms with van der Waals surface area (Å²) in [5.41, 5.74) is 1.84. The number of carbonyl (C=O) groups is 1. The molecule has 0 spiro atoms. The van der Waals surface area contributed by atoms with E-state index in [9.17, 15) is 9.59 Å². The molecule has 0 bridgehead atoms. The molecular weight excluding hydrogens is 304 g/mol. The van der Waals surface area contributed by atoms with E-state index in [0.717, 1.165) is 11.1 Å². The zero-order valence-electron chi connectivity index (χ0n) is 13.1. The van der Waals surface area contributed by atoms with Crippen LogP contribution in [0.3, 0.4) is 0 Å². The van der Waals surface area contributed by atoms with E-state index in [2.05, 4.69) is 15.3 Å². The molecule has 6 heteroatoms. The molecule has 0 radical (unpaired) electrons. The molecule has 120 valence electrons. The van der Waals surface area contributed by atoms with Gasteiger partial charge in [0.2, 0.25) is 5.95 Å². The normalized spacial score (nSPS) is 10.4. The van der Waals surface area contributed by atoms with Crippen molar-refractivity contribution in [1.29, 1.82) is 0 Å². The first-order valence-electron chi connectivity index (χ1n) is 7.47. The molecular formula is C18H16N4O2. The van der Waals surface area contributed by atoms with Crippen molar-refractivity contribution in [3.63, 3.8) is 0 Å². The Kier molecular flexibility index (Phi) is 4.47. The van der Waals surface area contributed by atoms with Crippen LogP contribution in [0.2, 0.25) is 0 Å². The number of hydrogen-bond acceptors (Lipinski definition) is 4. The largest absolute Gasteiger partial charge is 0.310 e. The van der Waals surface area contributed by atoms with E-state index in [-0.39, 0.29) is 17.1 Å². The van der Waals surface area contributed by atoms with Gasteiger partial charge in [0, 0.05) is 18.6 Å². The summed E-state index contributed by atoms with van der Waals surface area (Å²) in [7, 11) is 0. The number of amides is 1. The quantitative estimate of drug-likeness (QED) is 0.800. The average molecular weight is 320 g/mol. The van der Waals surface area contributed by atoms with Gasteiger partial charge in [0.15, 0.2) is 0 Å². The zero-order chi connectivity index (χ0) is 16.9. The number of pyridine rings is 1. The second-order valence-corrected chi connectivity index (χ2v) is 5.37. The fraction of sp³-hybridized carbons (Fsp3) is 0.111. The summed E-state index contributed by atoms with van der Waals surface area (Å²) in [5, 5.41) is 2.52. The summed E-state index contributed by atoms with van der Waals surface area (Å²) < 4.78 is 1.51. The van der Waals surface area contributed by atoms with Crippen molar-refractivity contribution in [3.8, 4) is 0 Å². The number of carbonyl (C=O) groups excluding carboxylic acids is 1. The number of rotatable bonds is 4. The first kappa shape index (κ1) is 15.6. The lowest BCUT2D eigenvalue weighted by atomic mass is 10.1. The molecule has 1 N–H and O–H groups in total. The van der Waals surface area contributed by atoms with Gasteiger partial charge in [-0.25, -0.2) is 9.97 Å². The van der Waals surface area contributed by atoms with Crippen LogP contribution in [-0.2, 0) is 6.54 Å². The molecule has 1 amide bonds. The second kappa shape index (κ2) is 6.87. The molecule has 0 aliphatic rings. The molecule has 3 rings (SSSR count). The van der Waals surface area contributed by atoms with Crippen molar-refractivity contribution in [1.82, 2.24) is 14.5 Å². The lowest BCUT2D eigenvalue weighted by Gasteiger charge is -2.08. The molecule has 2 aromatic heterocycles. The van der Waals surface area contributed by atoms with Crippen molar-refractivity contribution >= 4 is 11.9 Å². The van der Waals surface area contributed by atoms with Crippen LogP contribution < -0.4 is 10.9 Å². The number of aromatic nitrogens is 3. The maximum absolute atomic E-state index is 12.5. The summed E-state index contributed by atoms with van der Waals surface area (Å²) in [5.74, 6) is -0.361. The van der Waals surface area contributed by atoms with Gasteiger partial charge in [0.05, 0.1) is 6.54 Å². The SMILES string of the molecule is Cc1ccc(Cn2cccc(C(=O)Nc3ncccn3)c2=O)cc1. The predicted molar refractivity (Wildman–Crippen MR) is 91.0 cm³/mol. The van der Waals surface area contributed by atoms with Crippen molar-refractivity contribution in [2.24, 2.45) is 0 Å². The monoisotopic (exact) mass is 320 g/mol. The summed E-state index contributed by atoms with van der Waals surface area (Å²) in [6, 6.07) is 12.7. The van der Waals surface area contributed by atoms with Crippen LogP contribution in [0.4, 0.5) is 5.95 Å². The highest BCUT2D eigenvalue weighted by molar-refractivity contribution is 6.02. The third-order valence-corrected chi connectivity index (χ3v) is 3.53. The van der Waals surface area contributed by atoms with Gasteiger partial charge in [0.25, 0.3) is 11.5 Å². The Labute approximate surface area is 138 Å². The number of anilines is 1. The van der Waals surface area contributed by atoms with Crippen molar-refractivity contribution < 1.29 is 4.79 Å². The van der Waals surface area contributed by atoms with Gasteiger partial charge in [-0.15, -0.1) is 0 Å². The first-order valence-corrected chi connectivity index (χ1v) is 7.47. The van der Waals surface area contributed by atoms with Crippen LogP contribution in [0.5, 0.6) is 0 Å². The zero-order valence-corrected chi connectivity index (χ0v) is 13.1. The van der Waals surface area contributed by atoms with Gasteiger partial charge in [-0.3, -0.25) is 14.9 Å². The predicted octanol–water partition coefficient (Wildman–Crippen LogP) is 2.25. The summed E-state index contributed by atoms with van der Waals surface area (Å²) in [6.07, 6.45) is 4.70. The van der Waals surface area contributed by atoms with Gasteiger partial charge in [-0.05, 0) is 30.7 Å². The van der Waals surface area contributed by atoms with E-state index in [1.54, 1.807) is 18.3 Å². The maximum atomic E-state index is 12.5. The lowest BCUT2D eigenvalue weighted by molar-refractivity contribution is 0.102. The Morgan fingerprint density at radius 1 is 1.08 bits per heavy atom. The Hall–Kier alpha value is -3.28. The van der Waals surface area contributed by atoms with Gasteiger partial charge in [-0.1, -0.05) is 29.8 Å². The Balaban J connectivity index is 1.84. The molecule has 0 saturated heterocycles. The number of nitrogens with zero attached hydrogens (tertiary/aromatic N) is 3. The molecule has 0 aliphatic carbocycles. The van der Waals surface area contributed by atoms with E-state index in [0.29, 0.717) is 6.54 Å². The number of hydrogen-bond donors (Lipinski definition) is 1. The van der Waals surface area contributed by atoms with Crippen LogP contribution in [0.15, 0.2) is 65.8 Å². The highest BCUT2D eigenvalue weighted by atomic mass is 16.2. The van der Waals surface area contributed by atoms with Crippen LogP contribution in [0.1, 0.15) is 21.5 Å². The van der Waals surface area contributed by atoms with E-state index in [1.807, 2.05) is 31.2 Å². The molecule has 24 heavy (non-hydrogen) atoms. The first-order chi connectivity index (χ1) is 11.6. The minimum atomic E-state index is -0.524. The maximum Gasteiger partial charge on any atom is 0.263 e. The highest BCUT2D eigenvalue weighted by Crippen LogP contribution is 2.05. The summed E-state index contributed by atoms with van der Waals surface area (Å²) >= 11 is 0. The molecule has 0 unspecified atom stereocenters. The molecule has 0 saturated carbocycles. The molecule has 3 aromatic rings. The Bertz CT molecular complexity index is 902. The van der Waals surface area contributed by atoms with Crippen LogP contribution in [0.25, 0.3) is 0 Å². The third kappa shape index (κ3) is 3.55. The summed E-state index contributed by atoms with van der Waals surface area (Å²) in [6.45, 7) is 2.41. The number of aryl methyl sites for hydroxylation is 1. The molecule has 2 heterocycles. The smallest absolute Gasteiger partial charge is 0.263 e. The minimum Gasteiger partial charge on any atom is -0.310 e. The van der Waals surface area contributed by atoms with Crippen molar-refractivity contribution in [2.45, 2.75) is 13.5 Å². The van der Waals surface area contributed by atoms with E-state index >= 15 is 0 Å². The number of benzene rings is 1. The minimum absolute atomic E-state index is 0.0528. The van der Waals surface area contributed by atoms with Crippen molar-refractivity contribution in [2.75, 3.05) is 5.32 Å². The van der Waals surface area contributed by atoms with Gasteiger partial charge < -0.3 is 4.57 Å². The van der Waals surface area contributed by atoms with Crippen LogP contribution in [-0.4, -0.2) is 20.4 Å². The van der Waals surface area contributed by atoms with Gasteiger partial charge in [0.1, 0.15) is 5.56 Å². The topological polar surface area (TPSA) is 76.9 Å². The average Bonchev–Trinajstić information content (AvgIpc) is 2.59. The van der Waals surface area contributed by atoms with E-state index in [1.165, 1.54) is 23.0 Å². The highest BCUT2D eigenvalue weighted by Gasteiger charge is 2.13. The van der Waals surface area contributed by atoms with Gasteiger partial charge in [-0.2, -0.15) is 0 Å². The lowest BCUT2D eigenvalue weighted by Crippen LogP contribution is -2.29. The van der Waals surface area contributed by atoms with Crippen LogP contribution >= 0.6 is 0 Å². The molecule has 6 nitrogen and oxygen atoms in total. The van der Waals surface area contributed by atoms with Crippen molar-refractivity contribution in [3.05, 3.63) is 88.1 Å². The van der Waals surface area contributed by atoms with Crippen LogP contribution in [0, 0.1) is 6.92 Å². The Morgan fingerprint density at radius 2 is 1.79 bits per heavy atom. The standard InChI is InChI=1S/C18H16N4O2/c1-13-5-7-14(8-6-13)12-22-11-2-4-15(17(22)24)16(23)21-18-19-9-3-10-20-18/h2-11H,12H2,1H3,(H,19,20,21,23). The fourth-order valence-electron chi connectivity index (χ4n) is 2.26.